The van der Waals surface area contributed by atoms with Gasteiger partial charge in [0.05, 0.1) is 43.1 Å². The molecule has 3 aliphatic heterocycles. The predicted molar refractivity (Wildman–Crippen MR) is 276 cm³/mol. The Morgan fingerprint density at radius 1 is 0.487 bits per heavy atom. The van der Waals surface area contributed by atoms with Gasteiger partial charge in [-0.05, 0) is 75.7 Å². The van der Waals surface area contributed by atoms with Crippen LogP contribution in [0.4, 0.5) is 0 Å². The molecule has 0 amide bonds. The van der Waals surface area contributed by atoms with Crippen molar-refractivity contribution in [2.45, 2.75) is 80.9 Å². The molecule has 0 N–H and O–H groups in total. The van der Waals surface area contributed by atoms with E-state index in [9.17, 15) is 18.9 Å². The Labute approximate surface area is 441 Å². The SMILES string of the molecule is CN(C)P(=O)(O[C@H]1O[C@H](CO[C@@H]2O[C@@H]3COC(c4ccccc4)O[C@H]3[C@H](OCc3ccccc3)[C@@H]2OCc2ccccc2)[C@@H](OC(=O)c2ccccc2)[C@H](OC(=O)c2ccccc2)[C@H]1OC(=O)c1ccccc1)N(C)C. The maximum Gasteiger partial charge on any atom is 0.347 e. The lowest BCUT2D eigenvalue weighted by atomic mass is 9.96. The summed E-state index contributed by atoms with van der Waals surface area (Å²) in [5.74, 6) is -2.57. The second kappa shape index (κ2) is 25.6. The van der Waals surface area contributed by atoms with Crippen LogP contribution in [0, 0.1) is 0 Å². The second-order valence-corrected chi connectivity index (χ2v) is 21.4. The molecule has 9 rings (SSSR count). The Bertz CT molecular complexity index is 2830. The van der Waals surface area contributed by atoms with E-state index >= 15 is 0 Å². The minimum Gasteiger partial charge on any atom is -0.452 e. The van der Waals surface area contributed by atoms with E-state index in [1.165, 1.54) is 21.5 Å². The Kier molecular flexibility index (Phi) is 18.3. The summed E-state index contributed by atoms with van der Waals surface area (Å²) in [7, 11) is 2.16. The zero-order chi connectivity index (χ0) is 53.0. The highest BCUT2D eigenvalue weighted by Gasteiger charge is 2.57. The van der Waals surface area contributed by atoms with E-state index in [0.717, 1.165) is 16.7 Å². The van der Waals surface area contributed by atoms with Gasteiger partial charge < -0.3 is 47.4 Å². The fourth-order valence-corrected chi connectivity index (χ4v) is 10.6. The molecule has 76 heavy (non-hydrogen) atoms. The molecule has 0 bridgehead atoms. The molecule has 3 fully saturated rings. The topological polar surface area (TPSA) is 176 Å². The second-order valence-electron chi connectivity index (χ2n) is 18.6. The van der Waals surface area contributed by atoms with Crippen LogP contribution in [-0.2, 0) is 69.7 Å². The predicted octanol–water partition coefficient (Wildman–Crippen LogP) is 8.66. The van der Waals surface area contributed by atoms with E-state index in [2.05, 4.69) is 0 Å². The van der Waals surface area contributed by atoms with Gasteiger partial charge in [-0.2, -0.15) is 0 Å². The van der Waals surface area contributed by atoms with Crippen LogP contribution in [0.15, 0.2) is 182 Å². The first-order valence-electron chi connectivity index (χ1n) is 24.9. The third kappa shape index (κ3) is 13.2. The Hall–Kier alpha value is -6.44. The maximum atomic E-state index is 14.9. The zero-order valence-electron chi connectivity index (χ0n) is 42.5. The molecule has 0 aliphatic carbocycles. The van der Waals surface area contributed by atoms with Gasteiger partial charge in [-0.1, -0.05) is 146 Å². The Morgan fingerprint density at radius 3 is 1.41 bits per heavy atom. The number of nitrogens with zero attached hydrogens (tertiary/aromatic N) is 2. The smallest absolute Gasteiger partial charge is 0.347 e. The molecule has 0 saturated carbocycles. The largest absolute Gasteiger partial charge is 0.452 e. The van der Waals surface area contributed by atoms with E-state index in [-0.39, 0.29) is 36.5 Å². The number of fused-ring (bicyclic) bond motifs is 1. The molecule has 3 aliphatic rings. The van der Waals surface area contributed by atoms with Crippen LogP contribution in [-0.4, -0.2) is 130 Å². The summed E-state index contributed by atoms with van der Waals surface area (Å²) < 4.78 is 90.0. The standard InChI is InChI=1S/C58H61N2O15P/c1-59(2)76(64,60(3)4)75-58-52(73-55(63)43-31-19-9-20-32-43)50(72-54(62)42-29-17-8-18-30-42)48(71-53(61)41-27-15-7-16-28-41)46(70-58)38-68-57-51(66-36-40-25-13-6-14-26-40)49(65-35-39-23-11-5-12-24-39)47-45(69-57)37-67-56(74-47)44-33-21-10-22-34-44/h5-34,45-52,56-58H,35-38H2,1-4H3/t45-,46-,47-,48-,49+,50+,51+,52-,56?,57-,58-/m1/s1. The van der Waals surface area contributed by atoms with Crippen molar-refractivity contribution in [2.24, 2.45) is 0 Å². The van der Waals surface area contributed by atoms with E-state index in [1.54, 1.807) is 107 Å². The highest BCUT2D eigenvalue weighted by molar-refractivity contribution is 7.53. The number of ether oxygens (including phenoxy) is 10. The summed E-state index contributed by atoms with van der Waals surface area (Å²) in [4.78, 5) is 42.9. The van der Waals surface area contributed by atoms with Crippen molar-refractivity contribution < 1.29 is 70.8 Å². The molecule has 3 saturated heterocycles. The first-order valence-corrected chi connectivity index (χ1v) is 26.5. The highest BCUT2D eigenvalue weighted by atomic mass is 31.2. The number of rotatable bonds is 20. The van der Waals surface area contributed by atoms with Gasteiger partial charge >= 0.3 is 25.6 Å². The molecular weight excluding hydrogens is 996 g/mol. The number of carbonyl (C=O) groups is 3. The number of carbonyl (C=O) groups excluding carboxylic acids is 3. The maximum absolute atomic E-state index is 14.9. The Morgan fingerprint density at radius 2 is 0.921 bits per heavy atom. The molecule has 1 unspecified atom stereocenters. The quantitative estimate of drug-likeness (QED) is 0.0403. The number of esters is 3. The summed E-state index contributed by atoms with van der Waals surface area (Å²) in [6.45, 7) is -0.124. The van der Waals surface area contributed by atoms with Crippen LogP contribution in [0.5, 0.6) is 0 Å². The fourth-order valence-electron chi connectivity index (χ4n) is 9.03. The van der Waals surface area contributed by atoms with Gasteiger partial charge in [-0.25, -0.2) is 23.7 Å². The third-order valence-corrected chi connectivity index (χ3v) is 15.5. The summed E-state index contributed by atoms with van der Waals surface area (Å²) in [6, 6.07) is 53.2. The van der Waals surface area contributed by atoms with Crippen LogP contribution in [0.25, 0.3) is 0 Å². The lowest BCUT2D eigenvalue weighted by molar-refractivity contribution is -0.377. The molecule has 0 spiro atoms. The first kappa shape index (κ1) is 54.4. The van der Waals surface area contributed by atoms with Crippen molar-refractivity contribution in [1.29, 1.82) is 0 Å². The van der Waals surface area contributed by atoms with Crippen LogP contribution < -0.4 is 0 Å². The van der Waals surface area contributed by atoms with Crippen LogP contribution in [0.1, 0.15) is 54.1 Å². The monoisotopic (exact) mass is 1060 g/mol. The summed E-state index contributed by atoms with van der Waals surface area (Å²) in [6.07, 6.45) is -13.6. The van der Waals surface area contributed by atoms with E-state index in [4.69, 9.17) is 51.9 Å². The summed E-state index contributed by atoms with van der Waals surface area (Å²) in [5, 5.41) is 0. The normalized spacial score (nSPS) is 25.5. The van der Waals surface area contributed by atoms with Gasteiger partial charge in [0.2, 0.25) is 6.29 Å². The van der Waals surface area contributed by atoms with Gasteiger partial charge in [0.1, 0.15) is 30.5 Å². The average Bonchev–Trinajstić information content (AvgIpc) is 3.47. The van der Waals surface area contributed by atoms with E-state index < -0.39 is 99.9 Å². The zero-order valence-corrected chi connectivity index (χ0v) is 43.4. The first-order chi connectivity index (χ1) is 36.9. The van der Waals surface area contributed by atoms with Crippen molar-refractivity contribution in [3.63, 3.8) is 0 Å². The lowest BCUT2D eigenvalue weighted by Crippen LogP contribution is -2.65. The lowest BCUT2D eigenvalue weighted by Gasteiger charge is -2.49. The number of hydrogen-bond acceptors (Lipinski definition) is 15. The van der Waals surface area contributed by atoms with Gasteiger partial charge in [0, 0.05) is 5.56 Å². The van der Waals surface area contributed by atoms with Crippen molar-refractivity contribution in [2.75, 3.05) is 41.4 Å². The van der Waals surface area contributed by atoms with Crippen molar-refractivity contribution >= 4 is 25.6 Å². The highest BCUT2D eigenvalue weighted by Crippen LogP contribution is 2.53. The summed E-state index contributed by atoms with van der Waals surface area (Å²) in [5.41, 5.74) is 2.96. The van der Waals surface area contributed by atoms with Gasteiger partial charge in [-0.15, -0.1) is 0 Å². The summed E-state index contributed by atoms with van der Waals surface area (Å²) >= 11 is 0. The van der Waals surface area contributed by atoms with Crippen LogP contribution in [0.2, 0.25) is 0 Å². The van der Waals surface area contributed by atoms with E-state index in [1.807, 2.05) is 91.0 Å². The minimum atomic E-state index is -4.03. The average molecular weight is 1060 g/mol. The molecule has 0 aromatic heterocycles. The van der Waals surface area contributed by atoms with Crippen LogP contribution in [0.3, 0.4) is 0 Å². The third-order valence-electron chi connectivity index (χ3n) is 13.0. The molecule has 17 nitrogen and oxygen atoms in total. The Balaban J connectivity index is 1.11. The van der Waals surface area contributed by atoms with Crippen molar-refractivity contribution in [3.05, 3.63) is 215 Å². The molecule has 398 valence electrons. The molecule has 11 atom stereocenters. The van der Waals surface area contributed by atoms with Gasteiger partial charge in [0.25, 0.3) is 0 Å². The van der Waals surface area contributed by atoms with E-state index in [0.29, 0.717) is 0 Å². The minimum absolute atomic E-state index is 0.0736. The number of hydrogen-bond donors (Lipinski definition) is 0. The van der Waals surface area contributed by atoms with Crippen LogP contribution >= 0.6 is 7.67 Å². The molecule has 6 aromatic rings. The fraction of sp³-hybridized carbons (Fsp3) is 0.328. The van der Waals surface area contributed by atoms with Gasteiger partial charge in [0.15, 0.2) is 30.9 Å². The molecule has 3 heterocycles. The molecular formula is C58H61N2O15P. The van der Waals surface area contributed by atoms with Gasteiger partial charge in [-0.3, -0.25) is 9.09 Å². The molecule has 0 radical (unpaired) electrons. The molecule has 18 heteroatoms. The van der Waals surface area contributed by atoms with Crippen molar-refractivity contribution in [3.8, 4) is 0 Å². The molecule has 6 aromatic carbocycles. The number of benzene rings is 6. The van der Waals surface area contributed by atoms with Crippen molar-refractivity contribution in [1.82, 2.24) is 9.34 Å².